The molecule has 0 aliphatic carbocycles. The zero-order chi connectivity index (χ0) is 12.6. The summed E-state index contributed by atoms with van der Waals surface area (Å²) in [6.45, 7) is 2.87. The van der Waals surface area contributed by atoms with Gasteiger partial charge in [0.15, 0.2) is 0 Å². The quantitative estimate of drug-likeness (QED) is 0.675. The second-order valence-electron chi connectivity index (χ2n) is 4.19. The van der Waals surface area contributed by atoms with E-state index >= 15 is 0 Å². The Morgan fingerprint density at radius 2 is 1.22 bits per heavy atom. The van der Waals surface area contributed by atoms with Gasteiger partial charge in [-0.05, 0) is 18.1 Å². The normalized spacial score (nSPS) is 10.8. The fraction of sp³-hybridized carbons (Fsp3) is 0.250. The maximum atomic E-state index is 5.91. The molecule has 0 saturated heterocycles. The highest BCUT2D eigenvalue weighted by Gasteiger charge is 2.10. The number of hydrogen-bond donors (Lipinski definition) is 0. The van der Waals surface area contributed by atoms with E-state index in [4.69, 9.17) is 4.52 Å². The van der Waals surface area contributed by atoms with Crippen molar-refractivity contribution in [1.82, 2.24) is 0 Å². The molecule has 0 amide bonds. The first-order valence-corrected chi connectivity index (χ1v) is 7.97. The summed E-state index contributed by atoms with van der Waals surface area (Å²) < 4.78 is 5.91. The summed E-state index contributed by atoms with van der Waals surface area (Å²) in [5, 5.41) is 0. The van der Waals surface area contributed by atoms with Crippen molar-refractivity contribution in [1.29, 1.82) is 0 Å². The van der Waals surface area contributed by atoms with E-state index in [9.17, 15) is 0 Å². The molecule has 0 spiro atoms. The van der Waals surface area contributed by atoms with Gasteiger partial charge in [0.25, 0.3) is 0 Å². The monoisotopic (exact) mass is 258 g/mol. The summed E-state index contributed by atoms with van der Waals surface area (Å²) in [5.41, 5.74) is 2.74. The molecule has 0 bridgehead atoms. The van der Waals surface area contributed by atoms with Gasteiger partial charge in [0.1, 0.15) is 0 Å². The molecule has 0 fully saturated rings. The zero-order valence-electron chi connectivity index (χ0n) is 10.8. The lowest BCUT2D eigenvalue weighted by molar-refractivity contribution is 0.376. The van der Waals surface area contributed by atoms with E-state index in [0.717, 1.165) is 18.9 Å². The standard InChI is InChI=1S/C16H19OP/c1-2-17-18(13-15-9-5-3-6-10-15)14-16-11-7-4-8-12-16/h3-12H,2,13-14H2,1H3. The molecule has 0 unspecified atom stereocenters. The highest BCUT2D eigenvalue weighted by atomic mass is 31.1. The number of rotatable bonds is 6. The molecule has 0 N–H and O–H groups in total. The molecule has 2 rings (SSSR count). The van der Waals surface area contributed by atoms with Gasteiger partial charge >= 0.3 is 0 Å². The molecular formula is C16H19OP. The molecule has 0 radical (unpaired) electrons. The summed E-state index contributed by atoms with van der Waals surface area (Å²) in [4.78, 5) is 0. The van der Waals surface area contributed by atoms with Crippen LogP contribution in [0.4, 0.5) is 0 Å². The third kappa shape index (κ3) is 4.25. The fourth-order valence-electron chi connectivity index (χ4n) is 1.90. The Kier molecular flexibility index (Phi) is 5.38. The van der Waals surface area contributed by atoms with Gasteiger partial charge in [0.05, 0.1) is 0 Å². The van der Waals surface area contributed by atoms with Gasteiger partial charge in [-0.15, -0.1) is 0 Å². The average molecular weight is 258 g/mol. The minimum atomic E-state index is -0.413. The third-order valence-electron chi connectivity index (χ3n) is 2.72. The average Bonchev–Trinajstić information content (AvgIpc) is 2.41. The van der Waals surface area contributed by atoms with Gasteiger partial charge in [0.2, 0.25) is 0 Å². The van der Waals surface area contributed by atoms with Crippen LogP contribution < -0.4 is 0 Å². The van der Waals surface area contributed by atoms with Crippen LogP contribution in [-0.4, -0.2) is 6.61 Å². The number of hydrogen-bond acceptors (Lipinski definition) is 1. The summed E-state index contributed by atoms with van der Waals surface area (Å²) in [5.74, 6) is 0. The Bertz CT molecular complexity index is 400. The SMILES string of the molecule is CCOP(Cc1ccccc1)Cc1ccccc1. The Hall–Kier alpha value is -1.17. The first-order valence-electron chi connectivity index (χ1n) is 6.34. The summed E-state index contributed by atoms with van der Waals surface area (Å²) >= 11 is 0. The molecule has 0 aliphatic heterocycles. The predicted molar refractivity (Wildman–Crippen MR) is 78.8 cm³/mol. The van der Waals surface area contributed by atoms with E-state index in [0.29, 0.717) is 0 Å². The first-order chi connectivity index (χ1) is 8.88. The highest BCUT2D eigenvalue weighted by Crippen LogP contribution is 2.44. The number of benzene rings is 2. The minimum absolute atomic E-state index is 0.413. The van der Waals surface area contributed by atoms with Gasteiger partial charge in [-0.2, -0.15) is 0 Å². The van der Waals surface area contributed by atoms with Crippen LogP contribution >= 0.6 is 8.15 Å². The van der Waals surface area contributed by atoms with Gasteiger partial charge in [-0.3, -0.25) is 0 Å². The second-order valence-corrected chi connectivity index (χ2v) is 6.04. The highest BCUT2D eigenvalue weighted by molar-refractivity contribution is 7.50. The molecule has 0 atom stereocenters. The summed E-state index contributed by atoms with van der Waals surface area (Å²) in [6, 6.07) is 21.2. The van der Waals surface area contributed by atoms with E-state index in [2.05, 4.69) is 67.6 Å². The van der Waals surface area contributed by atoms with Gasteiger partial charge in [-0.25, -0.2) is 0 Å². The second kappa shape index (κ2) is 7.31. The lowest BCUT2D eigenvalue weighted by Gasteiger charge is -2.17. The molecule has 2 aromatic carbocycles. The molecule has 2 heteroatoms. The predicted octanol–water partition coefficient (Wildman–Crippen LogP) is 4.82. The molecule has 0 saturated carbocycles. The Labute approximate surface area is 111 Å². The Balaban J connectivity index is 2.00. The van der Waals surface area contributed by atoms with E-state index in [1.807, 2.05) is 0 Å². The molecule has 0 heterocycles. The largest absolute Gasteiger partial charge is 0.359 e. The minimum Gasteiger partial charge on any atom is -0.359 e. The zero-order valence-corrected chi connectivity index (χ0v) is 11.6. The van der Waals surface area contributed by atoms with Crippen LogP contribution in [0.25, 0.3) is 0 Å². The van der Waals surface area contributed by atoms with Crippen LogP contribution in [0.5, 0.6) is 0 Å². The van der Waals surface area contributed by atoms with Crippen LogP contribution in [0.15, 0.2) is 60.7 Å². The van der Waals surface area contributed by atoms with Crippen molar-refractivity contribution in [3.05, 3.63) is 71.8 Å². The lowest BCUT2D eigenvalue weighted by Crippen LogP contribution is -1.93. The van der Waals surface area contributed by atoms with Crippen LogP contribution in [0.1, 0.15) is 18.1 Å². The van der Waals surface area contributed by atoms with Crippen LogP contribution in [0.2, 0.25) is 0 Å². The van der Waals surface area contributed by atoms with E-state index in [-0.39, 0.29) is 0 Å². The Morgan fingerprint density at radius 3 is 1.61 bits per heavy atom. The van der Waals surface area contributed by atoms with Crippen molar-refractivity contribution in [2.45, 2.75) is 19.2 Å². The van der Waals surface area contributed by atoms with Crippen molar-refractivity contribution in [2.75, 3.05) is 6.61 Å². The summed E-state index contributed by atoms with van der Waals surface area (Å²) in [7, 11) is -0.413. The molecule has 2 aromatic rings. The molecular weight excluding hydrogens is 239 g/mol. The maximum Gasteiger partial charge on any atom is 0.0480 e. The van der Waals surface area contributed by atoms with Gasteiger partial charge < -0.3 is 4.52 Å². The van der Waals surface area contributed by atoms with Crippen molar-refractivity contribution < 1.29 is 4.52 Å². The van der Waals surface area contributed by atoms with E-state index < -0.39 is 8.15 Å². The van der Waals surface area contributed by atoms with Crippen molar-refractivity contribution in [3.63, 3.8) is 0 Å². The summed E-state index contributed by atoms with van der Waals surface area (Å²) in [6.07, 6.45) is 2.08. The van der Waals surface area contributed by atoms with Crippen LogP contribution in [-0.2, 0) is 16.8 Å². The molecule has 18 heavy (non-hydrogen) atoms. The first kappa shape index (κ1) is 13.3. The van der Waals surface area contributed by atoms with Gasteiger partial charge in [-0.1, -0.05) is 60.7 Å². The maximum absolute atomic E-state index is 5.91. The molecule has 1 nitrogen and oxygen atoms in total. The van der Waals surface area contributed by atoms with E-state index in [1.54, 1.807) is 0 Å². The third-order valence-corrected chi connectivity index (χ3v) is 4.77. The Morgan fingerprint density at radius 1 is 0.778 bits per heavy atom. The molecule has 0 aromatic heterocycles. The van der Waals surface area contributed by atoms with Crippen molar-refractivity contribution >= 4 is 8.15 Å². The molecule has 94 valence electrons. The van der Waals surface area contributed by atoms with E-state index in [1.165, 1.54) is 11.1 Å². The topological polar surface area (TPSA) is 9.23 Å². The molecule has 0 aliphatic rings. The fourth-order valence-corrected chi connectivity index (χ4v) is 3.80. The van der Waals surface area contributed by atoms with Crippen LogP contribution in [0, 0.1) is 0 Å². The van der Waals surface area contributed by atoms with Crippen molar-refractivity contribution in [2.24, 2.45) is 0 Å². The van der Waals surface area contributed by atoms with Crippen LogP contribution in [0.3, 0.4) is 0 Å². The lowest BCUT2D eigenvalue weighted by atomic mass is 10.2. The van der Waals surface area contributed by atoms with Crippen molar-refractivity contribution in [3.8, 4) is 0 Å². The smallest absolute Gasteiger partial charge is 0.0480 e. The van der Waals surface area contributed by atoms with Gasteiger partial charge in [0, 0.05) is 27.1 Å².